The molecule has 1 heterocycles. The van der Waals surface area contributed by atoms with Crippen LogP contribution in [0.5, 0.6) is 0 Å². The minimum Gasteiger partial charge on any atom is -0.351 e. The average molecular weight is 254 g/mol. The van der Waals surface area contributed by atoms with E-state index in [0.717, 1.165) is 32.4 Å². The standard InChI is InChI=1S/C15H30N2O/c1-7-15(8-9-16-11-15)12(18)17-14(5,6)10-13(2,3)4/h16H,7-11H2,1-6H3,(H,17,18). The van der Waals surface area contributed by atoms with E-state index in [1.165, 1.54) is 0 Å². The van der Waals surface area contributed by atoms with Crippen LogP contribution >= 0.6 is 0 Å². The molecule has 1 fully saturated rings. The molecule has 0 radical (unpaired) electrons. The molecule has 2 N–H and O–H groups in total. The van der Waals surface area contributed by atoms with Crippen LogP contribution in [0.2, 0.25) is 0 Å². The maximum absolute atomic E-state index is 12.5. The molecular formula is C15H30N2O. The Morgan fingerprint density at radius 3 is 2.28 bits per heavy atom. The van der Waals surface area contributed by atoms with E-state index in [4.69, 9.17) is 0 Å². The van der Waals surface area contributed by atoms with E-state index in [1.807, 2.05) is 0 Å². The van der Waals surface area contributed by atoms with Crippen LogP contribution < -0.4 is 10.6 Å². The minimum atomic E-state index is -0.185. The lowest BCUT2D eigenvalue weighted by Gasteiger charge is -2.37. The summed E-state index contributed by atoms with van der Waals surface area (Å²) in [6, 6.07) is 0. The Balaban J connectivity index is 2.68. The largest absolute Gasteiger partial charge is 0.351 e. The number of hydrogen-bond acceptors (Lipinski definition) is 2. The molecule has 0 aliphatic carbocycles. The first-order chi connectivity index (χ1) is 8.10. The van der Waals surface area contributed by atoms with Crippen LogP contribution in [0.4, 0.5) is 0 Å². The summed E-state index contributed by atoms with van der Waals surface area (Å²) in [5, 5.41) is 6.59. The van der Waals surface area contributed by atoms with Crippen molar-refractivity contribution in [1.29, 1.82) is 0 Å². The van der Waals surface area contributed by atoms with E-state index in [-0.39, 0.29) is 22.3 Å². The number of hydrogen-bond donors (Lipinski definition) is 2. The van der Waals surface area contributed by atoms with Crippen molar-refractivity contribution in [3.8, 4) is 0 Å². The second-order valence-electron chi connectivity index (χ2n) is 7.64. The van der Waals surface area contributed by atoms with Crippen LogP contribution in [0.15, 0.2) is 0 Å². The molecule has 0 saturated carbocycles. The molecule has 0 aromatic carbocycles. The first kappa shape index (κ1) is 15.5. The highest BCUT2D eigenvalue weighted by atomic mass is 16.2. The fourth-order valence-electron chi connectivity index (χ4n) is 3.21. The van der Waals surface area contributed by atoms with Gasteiger partial charge in [0.2, 0.25) is 5.91 Å². The van der Waals surface area contributed by atoms with Crippen LogP contribution in [0.3, 0.4) is 0 Å². The summed E-state index contributed by atoms with van der Waals surface area (Å²) >= 11 is 0. The lowest BCUT2D eigenvalue weighted by molar-refractivity contribution is -0.132. The normalized spacial score (nSPS) is 25.2. The molecule has 0 aromatic heterocycles. The van der Waals surface area contributed by atoms with Crippen LogP contribution in [0.25, 0.3) is 0 Å². The lowest BCUT2D eigenvalue weighted by Crippen LogP contribution is -2.52. The van der Waals surface area contributed by atoms with Gasteiger partial charge in [-0.15, -0.1) is 0 Å². The van der Waals surface area contributed by atoms with Crippen molar-refractivity contribution in [3.05, 3.63) is 0 Å². The maximum Gasteiger partial charge on any atom is 0.227 e. The van der Waals surface area contributed by atoms with Gasteiger partial charge in [-0.2, -0.15) is 0 Å². The van der Waals surface area contributed by atoms with Gasteiger partial charge in [-0.25, -0.2) is 0 Å². The van der Waals surface area contributed by atoms with E-state index in [0.29, 0.717) is 0 Å². The van der Waals surface area contributed by atoms with Gasteiger partial charge in [-0.3, -0.25) is 4.79 Å². The summed E-state index contributed by atoms with van der Waals surface area (Å²) in [6.45, 7) is 14.8. The first-order valence-electron chi connectivity index (χ1n) is 7.14. The second kappa shape index (κ2) is 5.20. The van der Waals surface area contributed by atoms with Crippen molar-refractivity contribution in [3.63, 3.8) is 0 Å². The van der Waals surface area contributed by atoms with Crippen molar-refractivity contribution in [1.82, 2.24) is 10.6 Å². The molecule has 1 aliphatic heterocycles. The highest BCUT2D eigenvalue weighted by molar-refractivity contribution is 5.83. The summed E-state index contributed by atoms with van der Waals surface area (Å²) in [6.07, 6.45) is 2.86. The SMILES string of the molecule is CCC1(C(=O)NC(C)(C)CC(C)(C)C)CCNC1. The zero-order valence-corrected chi connectivity index (χ0v) is 12.9. The van der Waals surface area contributed by atoms with Gasteiger partial charge in [-0.1, -0.05) is 27.7 Å². The van der Waals surface area contributed by atoms with Crippen molar-refractivity contribution in [2.45, 2.75) is 66.3 Å². The molecule has 106 valence electrons. The highest BCUT2D eigenvalue weighted by Crippen LogP contribution is 2.32. The Hall–Kier alpha value is -0.570. The fourth-order valence-corrected chi connectivity index (χ4v) is 3.21. The van der Waals surface area contributed by atoms with Gasteiger partial charge < -0.3 is 10.6 Å². The van der Waals surface area contributed by atoms with Crippen LogP contribution in [0, 0.1) is 10.8 Å². The summed E-state index contributed by atoms with van der Waals surface area (Å²) in [4.78, 5) is 12.5. The quantitative estimate of drug-likeness (QED) is 0.810. The van der Waals surface area contributed by atoms with Gasteiger partial charge >= 0.3 is 0 Å². The third-order valence-corrected chi connectivity index (χ3v) is 3.83. The molecule has 1 aliphatic rings. The Bertz CT molecular complexity index is 296. The van der Waals surface area contributed by atoms with Crippen molar-refractivity contribution in [2.24, 2.45) is 10.8 Å². The zero-order valence-electron chi connectivity index (χ0n) is 12.9. The Morgan fingerprint density at radius 2 is 1.89 bits per heavy atom. The molecule has 1 saturated heterocycles. The number of amides is 1. The third-order valence-electron chi connectivity index (χ3n) is 3.83. The molecule has 3 heteroatoms. The Labute approximate surface area is 112 Å². The molecule has 18 heavy (non-hydrogen) atoms. The second-order valence-corrected chi connectivity index (χ2v) is 7.64. The van der Waals surface area contributed by atoms with Crippen molar-refractivity contribution >= 4 is 5.91 Å². The number of carbonyl (C=O) groups is 1. The Morgan fingerprint density at radius 1 is 1.28 bits per heavy atom. The van der Waals surface area contributed by atoms with Gasteiger partial charge in [0.15, 0.2) is 0 Å². The maximum atomic E-state index is 12.5. The molecule has 3 nitrogen and oxygen atoms in total. The van der Waals surface area contributed by atoms with E-state index < -0.39 is 0 Å². The van der Waals surface area contributed by atoms with Gasteiger partial charge in [0.25, 0.3) is 0 Å². The molecule has 0 spiro atoms. The number of nitrogens with one attached hydrogen (secondary N) is 2. The highest BCUT2D eigenvalue weighted by Gasteiger charge is 2.41. The van der Waals surface area contributed by atoms with E-state index in [1.54, 1.807) is 0 Å². The van der Waals surface area contributed by atoms with Crippen LogP contribution in [-0.4, -0.2) is 24.5 Å². The first-order valence-corrected chi connectivity index (χ1v) is 7.14. The number of carbonyl (C=O) groups excluding carboxylic acids is 1. The Kier molecular flexibility index (Phi) is 4.47. The van der Waals surface area contributed by atoms with Crippen LogP contribution in [0.1, 0.15) is 60.8 Å². The summed E-state index contributed by atoms with van der Waals surface area (Å²) in [7, 11) is 0. The van der Waals surface area contributed by atoms with Crippen molar-refractivity contribution < 1.29 is 4.79 Å². The summed E-state index contributed by atoms with van der Waals surface area (Å²) < 4.78 is 0. The van der Waals surface area contributed by atoms with Gasteiger partial charge in [0.05, 0.1) is 5.41 Å². The zero-order chi connectivity index (χ0) is 14.0. The molecular weight excluding hydrogens is 224 g/mol. The van der Waals surface area contributed by atoms with Gasteiger partial charge in [-0.05, 0) is 45.1 Å². The van der Waals surface area contributed by atoms with E-state index >= 15 is 0 Å². The molecule has 1 rings (SSSR count). The van der Waals surface area contributed by atoms with E-state index in [2.05, 4.69) is 52.2 Å². The van der Waals surface area contributed by atoms with Gasteiger partial charge in [0.1, 0.15) is 0 Å². The number of rotatable bonds is 4. The predicted octanol–water partition coefficient (Wildman–Crippen LogP) is 2.71. The van der Waals surface area contributed by atoms with Gasteiger partial charge in [0, 0.05) is 12.1 Å². The third kappa shape index (κ3) is 3.98. The summed E-state index contributed by atoms with van der Waals surface area (Å²) in [5.41, 5.74) is -0.0979. The minimum absolute atomic E-state index is 0.139. The average Bonchev–Trinajstić information content (AvgIpc) is 2.61. The molecule has 1 amide bonds. The summed E-state index contributed by atoms with van der Waals surface area (Å²) in [5.74, 6) is 0.226. The topological polar surface area (TPSA) is 41.1 Å². The monoisotopic (exact) mass is 254 g/mol. The molecule has 0 bridgehead atoms. The lowest BCUT2D eigenvalue weighted by atomic mass is 9.79. The molecule has 0 aromatic rings. The van der Waals surface area contributed by atoms with E-state index in [9.17, 15) is 4.79 Å². The molecule has 1 atom stereocenters. The van der Waals surface area contributed by atoms with Crippen LogP contribution in [-0.2, 0) is 4.79 Å². The fraction of sp³-hybridized carbons (Fsp3) is 0.933. The predicted molar refractivity (Wildman–Crippen MR) is 76.5 cm³/mol. The molecule has 1 unspecified atom stereocenters. The van der Waals surface area contributed by atoms with Crippen molar-refractivity contribution in [2.75, 3.05) is 13.1 Å². The smallest absolute Gasteiger partial charge is 0.227 e.